The smallest absolute Gasteiger partial charge is 0.255 e. The Morgan fingerprint density at radius 1 is 1.18 bits per heavy atom. The summed E-state index contributed by atoms with van der Waals surface area (Å²) in [7, 11) is -0.806. The van der Waals surface area contributed by atoms with Gasteiger partial charge in [-0.05, 0) is 30.3 Å². The Morgan fingerprint density at radius 3 is 2.68 bits per heavy atom. The first-order valence-electron chi connectivity index (χ1n) is 8.31. The van der Waals surface area contributed by atoms with Crippen molar-refractivity contribution in [3.63, 3.8) is 0 Å². The molecule has 0 unspecified atom stereocenters. The Bertz CT molecular complexity index is 1060. The zero-order valence-electron chi connectivity index (χ0n) is 15.3. The second-order valence-electron chi connectivity index (χ2n) is 6.03. The van der Waals surface area contributed by atoms with Crippen LogP contribution in [0.25, 0.3) is 0 Å². The van der Waals surface area contributed by atoms with Crippen LogP contribution in [0.2, 0.25) is 0 Å². The number of amides is 1. The molecule has 3 aromatic rings. The molecule has 28 heavy (non-hydrogen) atoms. The lowest BCUT2D eigenvalue weighted by atomic mass is 10.2. The van der Waals surface area contributed by atoms with Crippen LogP contribution in [-0.2, 0) is 16.6 Å². The number of carbonyl (C=O) groups excluding carboxylic acids is 1. The summed E-state index contributed by atoms with van der Waals surface area (Å²) in [5.74, 6) is 0.0929. The van der Waals surface area contributed by atoms with E-state index >= 15 is 0 Å². The van der Waals surface area contributed by atoms with Gasteiger partial charge in [0, 0.05) is 25.0 Å². The van der Waals surface area contributed by atoms with E-state index in [0.717, 1.165) is 10.00 Å². The Balaban J connectivity index is 1.78. The standard InChI is InChI=1S/C19H19N3O4S2/c1-22(2)28(24,25)18-9-4-3-8-17(18)21-19(23)14-6-5-7-16(10-14)26-11-15-12-27-13-20-15/h3-10,12-13H,11H2,1-2H3,(H,21,23). The number of rotatable bonds is 7. The number of nitrogens with one attached hydrogen (secondary N) is 1. The first-order chi connectivity index (χ1) is 13.4. The van der Waals surface area contributed by atoms with E-state index in [0.29, 0.717) is 17.9 Å². The predicted molar refractivity (Wildman–Crippen MR) is 108 cm³/mol. The third-order valence-corrected chi connectivity index (χ3v) is 6.37. The molecule has 0 aliphatic rings. The van der Waals surface area contributed by atoms with Crippen molar-refractivity contribution >= 4 is 33.0 Å². The molecule has 1 N–H and O–H groups in total. The van der Waals surface area contributed by atoms with Gasteiger partial charge >= 0.3 is 0 Å². The molecule has 0 saturated heterocycles. The van der Waals surface area contributed by atoms with Crippen LogP contribution in [0.3, 0.4) is 0 Å². The van der Waals surface area contributed by atoms with Crippen LogP contribution in [0.4, 0.5) is 5.69 Å². The van der Waals surface area contributed by atoms with Crippen LogP contribution in [0.1, 0.15) is 16.1 Å². The zero-order chi connectivity index (χ0) is 20.1. The number of nitrogens with zero attached hydrogens (tertiary/aromatic N) is 2. The summed E-state index contributed by atoms with van der Waals surface area (Å²) in [6.45, 7) is 0.304. The molecule has 1 aromatic heterocycles. The highest BCUT2D eigenvalue weighted by atomic mass is 32.2. The van der Waals surface area contributed by atoms with Crippen molar-refractivity contribution in [3.05, 3.63) is 70.7 Å². The van der Waals surface area contributed by atoms with Crippen LogP contribution < -0.4 is 10.1 Å². The Labute approximate surface area is 167 Å². The van der Waals surface area contributed by atoms with Gasteiger partial charge in [-0.3, -0.25) is 4.79 Å². The van der Waals surface area contributed by atoms with Crippen molar-refractivity contribution in [2.75, 3.05) is 19.4 Å². The molecule has 2 aromatic carbocycles. The van der Waals surface area contributed by atoms with E-state index in [1.165, 1.54) is 31.5 Å². The number of sulfonamides is 1. The molecule has 3 rings (SSSR count). The molecule has 1 amide bonds. The molecule has 0 bridgehead atoms. The Hall–Kier alpha value is -2.75. The maximum absolute atomic E-state index is 12.7. The second-order valence-corrected chi connectivity index (χ2v) is 8.87. The summed E-state index contributed by atoms with van der Waals surface area (Å²) in [6.07, 6.45) is 0. The maximum Gasteiger partial charge on any atom is 0.255 e. The quantitative estimate of drug-likeness (QED) is 0.638. The SMILES string of the molecule is CN(C)S(=O)(=O)c1ccccc1NC(=O)c1cccc(OCc2cscn2)c1. The third-order valence-electron chi connectivity index (χ3n) is 3.86. The lowest BCUT2D eigenvalue weighted by Crippen LogP contribution is -2.24. The number of hydrogen-bond donors (Lipinski definition) is 1. The van der Waals surface area contributed by atoms with Crippen LogP contribution >= 0.6 is 11.3 Å². The lowest BCUT2D eigenvalue weighted by Gasteiger charge is -2.15. The number of hydrogen-bond acceptors (Lipinski definition) is 6. The van der Waals surface area contributed by atoms with Crippen molar-refractivity contribution in [3.8, 4) is 5.75 Å². The van der Waals surface area contributed by atoms with E-state index in [4.69, 9.17) is 4.74 Å². The van der Waals surface area contributed by atoms with Crippen molar-refractivity contribution in [1.82, 2.24) is 9.29 Å². The van der Waals surface area contributed by atoms with E-state index in [-0.39, 0.29) is 10.6 Å². The second kappa shape index (κ2) is 8.51. The van der Waals surface area contributed by atoms with Crippen molar-refractivity contribution < 1.29 is 17.9 Å². The van der Waals surface area contributed by atoms with Crippen molar-refractivity contribution in [2.24, 2.45) is 0 Å². The van der Waals surface area contributed by atoms with Gasteiger partial charge in [-0.1, -0.05) is 18.2 Å². The van der Waals surface area contributed by atoms with E-state index in [9.17, 15) is 13.2 Å². The Kier molecular flexibility index (Phi) is 6.08. The minimum Gasteiger partial charge on any atom is -0.487 e. The zero-order valence-corrected chi connectivity index (χ0v) is 17.0. The van der Waals surface area contributed by atoms with Gasteiger partial charge in [-0.2, -0.15) is 0 Å². The fourth-order valence-corrected chi connectivity index (χ4v) is 3.96. The number of carbonyl (C=O) groups is 1. The van der Waals surface area contributed by atoms with Gasteiger partial charge in [-0.25, -0.2) is 17.7 Å². The molecule has 0 aliphatic carbocycles. The number of aromatic nitrogens is 1. The monoisotopic (exact) mass is 417 g/mol. The highest BCUT2D eigenvalue weighted by Gasteiger charge is 2.22. The fraction of sp³-hybridized carbons (Fsp3) is 0.158. The van der Waals surface area contributed by atoms with Crippen LogP contribution in [0.15, 0.2) is 64.3 Å². The molecule has 0 saturated carbocycles. The van der Waals surface area contributed by atoms with Gasteiger partial charge < -0.3 is 10.1 Å². The third kappa shape index (κ3) is 4.56. The van der Waals surface area contributed by atoms with Gasteiger partial charge in [-0.15, -0.1) is 11.3 Å². The summed E-state index contributed by atoms with van der Waals surface area (Å²) in [4.78, 5) is 16.8. The van der Waals surface area contributed by atoms with Gasteiger partial charge in [0.25, 0.3) is 5.91 Å². The minimum atomic E-state index is -3.69. The van der Waals surface area contributed by atoms with E-state index in [1.807, 2.05) is 5.38 Å². The molecule has 146 valence electrons. The molecule has 0 radical (unpaired) electrons. The molecule has 0 spiro atoms. The first kappa shape index (κ1) is 20.0. The summed E-state index contributed by atoms with van der Waals surface area (Å²) in [6, 6.07) is 13.0. The summed E-state index contributed by atoms with van der Waals surface area (Å²) in [5, 5.41) is 4.56. The number of para-hydroxylation sites is 1. The maximum atomic E-state index is 12.7. The fourth-order valence-electron chi connectivity index (χ4n) is 2.38. The molecule has 7 nitrogen and oxygen atoms in total. The average molecular weight is 418 g/mol. The lowest BCUT2D eigenvalue weighted by molar-refractivity contribution is 0.102. The average Bonchev–Trinajstić information content (AvgIpc) is 3.20. The molecular formula is C19H19N3O4S2. The normalized spacial score (nSPS) is 11.4. The predicted octanol–water partition coefficient (Wildman–Crippen LogP) is 3.22. The van der Waals surface area contributed by atoms with Crippen LogP contribution in [0.5, 0.6) is 5.75 Å². The molecule has 1 heterocycles. The largest absolute Gasteiger partial charge is 0.487 e. The number of ether oxygens (including phenoxy) is 1. The van der Waals surface area contributed by atoms with E-state index in [2.05, 4.69) is 10.3 Å². The van der Waals surface area contributed by atoms with Crippen LogP contribution in [-0.4, -0.2) is 37.7 Å². The number of thiazole rings is 1. The van der Waals surface area contributed by atoms with Crippen molar-refractivity contribution in [2.45, 2.75) is 11.5 Å². The summed E-state index contributed by atoms with van der Waals surface area (Å²) in [5.41, 5.74) is 3.10. The number of benzene rings is 2. The van der Waals surface area contributed by atoms with Gasteiger partial charge in [0.15, 0.2) is 0 Å². The summed E-state index contributed by atoms with van der Waals surface area (Å²) < 4.78 is 31.7. The Morgan fingerprint density at radius 2 is 1.96 bits per heavy atom. The molecule has 0 fully saturated rings. The highest BCUT2D eigenvalue weighted by molar-refractivity contribution is 7.89. The molecule has 9 heteroatoms. The van der Waals surface area contributed by atoms with Gasteiger partial charge in [0.05, 0.1) is 16.9 Å². The van der Waals surface area contributed by atoms with E-state index in [1.54, 1.807) is 48.0 Å². The first-order valence-corrected chi connectivity index (χ1v) is 10.7. The van der Waals surface area contributed by atoms with Gasteiger partial charge in [0.2, 0.25) is 10.0 Å². The molecule has 0 atom stereocenters. The minimum absolute atomic E-state index is 0.0317. The van der Waals surface area contributed by atoms with E-state index < -0.39 is 15.9 Å². The summed E-state index contributed by atoms with van der Waals surface area (Å²) >= 11 is 1.48. The molecular weight excluding hydrogens is 398 g/mol. The van der Waals surface area contributed by atoms with Gasteiger partial charge in [0.1, 0.15) is 17.3 Å². The number of anilines is 1. The topological polar surface area (TPSA) is 88.6 Å². The van der Waals surface area contributed by atoms with Crippen molar-refractivity contribution in [1.29, 1.82) is 0 Å². The van der Waals surface area contributed by atoms with Crippen LogP contribution in [0, 0.1) is 0 Å². The highest BCUT2D eigenvalue weighted by Crippen LogP contribution is 2.24. The molecule has 0 aliphatic heterocycles.